The number of fused-ring (bicyclic) bond motifs is 1. The van der Waals surface area contributed by atoms with Gasteiger partial charge in [0.25, 0.3) is 0 Å². The number of carbonyl (C=O) groups is 1. The molecule has 0 unspecified atom stereocenters. The monoisotopic (exact) mass is 429 g/mol. The Balaban J connectivity index is 1.42. The molecule has 3 aromatic rings. The summed E-state index contributed by atoms with van der Waals surface area (Å²) < 4.78 is 11.1. The van der Waals surface area contributed by atoms with E-state index >= 15 is 0 Å². The van der Waals surface area contributed by atoms with E-state index in [9.17, 15) is 4.79 Å². The van der Waals surface area contributed by atoms with E-state index in [-0.39, 0.29) is 5.97 Å². The van der Waals surface area contributed by atoms with Gasteiger partial charge < -0.3 is 14.4 Å². The molecule has 0 spiro atoms. The lowest BCUT2D eigenvalue weighted by molar-refractivity contribution is -0.143. The molecule has 0 radical (unpaired) electrons. The van der Waals surface area contributed by atoms with Gasteiger partial charge in [-0.2, -0.15) is 0 Å². The predicted octanol–water partition coefficient (Wildman–Crippen LogP) is 6.15. The maximum atomic E-state index is 11.6. The Kier molecular flexibility index (Phi) is 7.10. The van der Waals surface area contributed by atoms with E-state index in [4.69, 9.17) is 9.47 Å². The average Bonchev–Trinajstić information content (AvgIpc) is 2.82. The van der Waals surface area contributed by atoms with Crippen LogP contribution in [0.4, 0.5) is 11.4 Å². The summed E-state index contributed by atoms with van der Waals surface area (Å²) in [5.41, 5.74) is 7.36. The lowest BCUT2D eigenvalue weighted by Crippen LogP contribution is -2.24. The first kappa shape index (κ1) is 21.9. The topological polar surface area (TPSA) is 38.8 Å². The molecule has 3 aromatic carbocycles. The number of hydrogen-bond donors (Lipinski definition) is 0. The van der Waals surface area contributed by atoms with E-state index in [2.05, 4.69) is 66.4 Å². The summed E-state index contributed by atoms with van der Waals surface area (Å²) in [4.78, 5) is 14.0. The minimum absolute atomic E-state index is 0.149. The van der Waals surface area contributed by atoms with Crippen molar-refractivity contribution < 1.29 is 14.3 Å². The number of carbonyl (C=O) groups excluding carboxylic acids is 1. The van der Waals surface area contributed by atoms with Gasteiger partial charge in [-0.25, -0.2) is 0 Å². The molecule has 0 aromatic heterocycles. The fourth-order valence-corrected chi connectivity index (χ4v) is 4.26. The highest BCUT2D eigenvalue weighted by atomic mass is 16.5. The molecule has 1 aliphatic heterocycles. The Morgan fingerprint density at radius 1 is 1.03 bits per heavy atom. The maximum Gasteiger partial charge on any atom is 0.306 e. The normalized spacial score (nSPS) is 12.9. The Morgan fingerprint density at radius 3 is 2.66 bits per heavy atom. The third-order valence-corrected chi connectivity index (χ3v) is 5.96. The van der Waals surface area contributed by atoms with E-state index in [1.54, 1.807) is 0 Å². The van der Waals surface area contributed by atoms with Gasteiger partial charge in [-0.15, -0.1) is 0 Å². The first-order valence-corrected chi connectivity index (χ1v) is 11.5. The van der Waals surface area contributed by atoms with Gasteiger partial charge in [0.1, 0.15) is 12.4 Å². The van der Waals surface area contributed by atoms with Crippen molar-refractivity contribution >= 4 is 17.3 Å². The number of benzene rings is 3. The fraction of sp³-hybridized carbons (Fsp3) is 0.321. The zero-order valence-corrected chi connectivity index (χ0v) is 19.0. The molecule has 0 saturated carbocycles. The van der Waals surface area contributed by atoms with Gasteiger partial charge in [0, 0.05) is 24.3 Å². The molecule has 0 bridgehead atoms. The highest BCUT2D eigenvalue weighted by molar-refractivity contribution is 5.70. The van der Waals surface area contributed by atoms with Crippen LogP contribution in [0.5, 0.6) is 5.75 Å². The number of ether oxygens (including phenoxy) is 2. The molecule has 166 valence electrons. The van der Waals surface area contributed by atoms with Crippen molar-refractivity contribution in [3.8, 4) is 5.75 Å². The maximum absolute atomic E-state index is 11.6. The van der Waals surface area contributed by atoms with Crippen LogP contribution < -0.4 is 9.64 Å². The number of aryl methyl sites for hydroxylation is 3. The molecular formula is C28H31NO3. The highest BCUT2D eigenvalue weighted by Gasteiger charge is 2.18. The summed E-state index contributed by atoms with van der Waals surface area (Å²) in [6, 6.07) is 23.4. The van der Waals surface area contributed by atoms with Gasteiger partial charge in [0.2, 0.25) is 0 Å². The second-order valence-electron chi connectivity index (χ2n) is 8.24. The fourth-order valence-electron chi connectivity index (χ4n) is 4.26. The molecule has 0 N–H and O–H groups in total. The number of esters is 1. The molecule has 4 nitrogen and oxygen atoms in total. The standard InChI is InChI=1S/C28H31NO3/c1-3-31-28(30)16-14-23-13-15-26(18-21(23)2)32-20-22-11-12-24-8-7-17-29(27(24)19-22)25-9-5-4-6-10-25/h4-6,9-13,15,18-19H,3,7-8,14,16-17,20H2,1-2H3. The van der Waals surface area contributed by atoms with Gasteiger partial charge in [-0.1, -0.05) is 36.4 Å². The Morgan fingerprint density at radius 2 is 1.88 bits per heavy atom. The van der Waals surface area contributed by atoms with E-state index in [1.807, 2.05) is 19.1 Å². The smallest absolute Gasteiger partial charge is 0.306 e. The van der Waals surface area contributed by atoms with Crippen LogP contribution in [0.1, 0.15) is 42.0 Å². The molecule has 32 heavy (non-hydrogen) atoms. The van der Waals surface area contributed by atoms with Crippen LogP contribution in [-0.2, 0) is 29.0 Å². The number of rotatable bonds is 8. The minimum Gasteiger partial charge on any atom is -0.489 e. The molecule has 4 heteroatoms. The SMILES string of the molecule is CCOC(=O)CCc1ccc(OCc2ccc3c(c2)N(c2ccccc2)CCC3)cc1C. The van der Waals surface area contributed by atoms with Gasteiger partial charge >= 0.3 is 5.97 Å². The van der Waals surface area contributed by atoms with Gasteiger partial charge in [0.15, 0.2) is 0 Å². The van der Waals surface area contributed by atoms with Crippen LogP contribution >= 0.6 is 0 Å². The summed E-state index contributed by atoms with van der Waals surface area (Å²) in [6.45, 7) is 5.88. The number of hydrogen-bond acceptors (Lipinski definition) is 4. The van der Waals surface area contributed by atoms with E-state index in [1.165, 1.54) is 23.4 Å². The summed E-state index contributed by atoms with van der Waals surface area (Å²) in [5, 5.41) is 0. The number of nitrogens with zero attached hydrogens (tertiary/aromatic N) is 1. The summed E-state index contributed by atoms with van der Waals surface area (Å²) >= 11 is 0. The molecule has 0 aliphatic carbocycles. The molecule has 1 heterocycles. The van der Waals surface area contributed by atoms with Crippen molar-refractivity contribution in [1.29, 1.82) is 0 Å². The van der Waals surface area contributed by atoms with E-state index < -0.39 is 0 Å². The average molecular weight is 430 g/mol. The van der Waals surface area contributed by atoms with Crippen molar-refractivity contribution in [2.24, 2.45) is 0 Å². The number of para-hydroxylation sites is 1. The molecule has 0 fully saturated rings. The lowest BCUT2D eigenvalue weighted by Gasteiger charge is -2.32. The van der Waals surface area contributed by atoms with Crippen LogP contribution in [-0.4, -0.2) is 19.1 Å². The molecule has 1 aliphatic rings. The van der Waals surface area contributed by atoms with Crippen molar-refractivity contribution in [2.45, 2.75) is 46.1 Å². The van der Waals surface area contributed by atoms with E-state index in [0.717, 1.165) is 35.4 Å². The Hall–Kier alpha value is -3.27. The molecule has 0 atom stereocenters. The van der Waals surface area contributed by atoms with Gasteiger partial charge in [-0.05, 0) is 85.7 Å². The molecule has 4 rings (SSSR count). The molecule has 0 saturated heterocycles. The first-order valence-electron chi connectivity index (χ1n) is 11.5. The molecule has 0 amide bonds. The second-order valence-corrected chi connectivity index (χ2v) is 8.24. The first-order chi connectivity index (χ1) is 15.6. The van der Waals surface area contributed by atoms with Crippen molar-refractivity contribution in [2.75, 3.05) is 18.1 Å². The zero-order chi connectivity index (χ0) is 22.3. The third-order valence-electron chi connectivity index (χ3n) is 5.96. The second kappa shape index (κ2) is 10.4. The summed E-state index contributed by atoms with van der Waals surface area (Å²) in [6.07, 6.45) is 3.37. The van der Waals surface area contributed by atoms with Crippen LogP contribution in [0.2, 0.25) is 0 Å². The van der Waals surface area contributed by atoms with Crippen LogP contribution in [0.15, 0.2) is 66.7 Å². The lowest BCUT2D eigenvalue weighted by atomic mass is 9.99. The Labute approximate surface area is 190 Å². The third kappa shape index (κ3) is 5.31. The van der Waals surface area contributed by atoms with Crippen molar-refractivity contribution in [1.82, 2.24) is 0 Å². The minimum atomic E-state index is -0.149. The quantitative estimate of drug-likeness (QED) is 0.402. The van der Waals surface area contributed by atoms with Crippen LogP contribution in [0.25, 0.3) is 0 Å². The zero-order valence-electron chi connectivity index (χ0n) is 19.0. The Bertz CT molecular complexity index is 1060. The highest BCUT2D eigenvalue weighted by Crippen LogP contribution is 2.34. The molecular weight excluding hydrogens is 398 g/mol. The summed E-state index contributed by atoms with van der Waals surface area (Å²) in [5.74, 6) is 0.698. The summed E-state index contributed by atoms with van der Waals surface area (Å²) in [7, 11) is 0. The van der Waals surface area contributed by atoms with Crippen LogP contribution in [0.3, 0.4) is 0 Å². The number of anilines is 2. The largest absolute Gasteiger partial charge is 0.489 e. The van der Waals surface area contributed by atoms with E-state index in [0.29, 0.717) is 26.1 Å². The van der Waals surface area contributed by atoms with Gasteiger partial charge in [-0.3, -0.25) is 4.79 Å². The van der Waals surface area contributed by atoms with Gasteiger partial charge in [0.05, 0.1) is 6.61 Å². The van der Waals surface area contributed by atoms with Crippen LogP contribution in [0, 0.1) is 6.92 Å². The van der Waals surface area contributed by atoms with Crippen molar-refractivity contribution in [3.63, 3.8) is 0 Å². The van der Waals surface area contributed by atoms with Crippen molar-refractivity contribution in [3.05, 3.63) is 89.0 Å². The predicted molar refractivity (Wildman–Crippen MR) is 129 cm³/mol.